The van der Waals surface area contributed by atoms with Crippen LogP contribution in [0.15, 0.2) is 12.1 Å². The van der Waals surface area contributed by atoms with Crippen LogP contribution < -0.4 is 4.74 Å². The van der Waals surface area contributed by atoms with Crippen LogP contribution in [-0.2, 0) is 0 Å². The van der Waals surface area contributed by atoms with Gasteiger partial charge in [-0.05, 0) is 25.0 Å². The second kappa shape index (κ2) is 2.73. The third-order valence-corrected chi connectivity index (χ3v) is 1.64. The summed E-state index contributed by atoms with van der Waals surface area (Å²) in [6.07, 6.45) is 2.17. The maximum absolute atomic E-state index is 12.5. The predicted molar refractivity (Wildman–Crippen MR) is 38.8 cm³/mol. The van der Waals surface area contributed by atoms with Crippen molar-refractivity contribution in [1.82, 2.24) is 0 Å². The maximum Gasteiger partial charge on any atom is 0.170 e. The molecule has 1 fully saturated rings. The summed E-state index contributed by atoms with van der Waals surface area (Å²) in [7, 11) is 0. The quantitative estimate of drug-likeness (QED) is 0.660. The van der Waals surface area contributed by atoms with Crippen LogP contribution in [0.25, 0.3) is 0 Å². The minimum absolute atomic E-state index is 0.186. The Labute approximate surface area is 69.0 Å². The molecule has 0 aromatic heterocycles. The Morgan fingerprint density at radius 2 is 2.08 bits per heavy atom. The molecule has 0 unspecified atom stereocenters. The minimum atomic E-state index is -0.979. The van der Waals surface area contributed by atoms with Crippen molar-refractivity contribution in [3.8, 4) is 5.75 Å². The van der Waals surface area contributed by atoms with Crippen molar-refractivity contribution in [1.29, 1.82) is 0 Å². The van der Waals surface area contributed by atoms with E-state index in [9.17, 15) is 8.78 Å². The van der Waals surface area contributed by atoms with Crippen molar-refractivity contribution in [2.24, 2.45) is 0 Å². The molecule has 0 N–H and O–H groups in total. The lowest BCUT2D eigenvalue weighted by atomic mass is 10.3. The molecular formula is C9H7F2O. The normalized spacial score (nSPS) is 16.2. The Morgan fingerprint density at radius 1 is 1.33 bits per heavy atom. The number of rotatable bonds is 2. The van der Waals surface area contributed by atoms with E-state index in [1.54, 1.807) is 0 Å². The molecule has 1 aromatic rings. The molecule has 0 amide bonds. The number of ether oxygens (including phenoxy) is 1. The molecular weight excluding hydrogens is 162 g/mol. The number of hydrogen-bond donors (Lipinski definition) is 0. The highest BCUT2D eigenvalue weighted by Gasteiger charge is 2.23. The summed E-state index contributed by atoms with van der Waals surface area (Å²) in [6, 6.07) is 4.61. The van der Waals surface area contributed by atoms with Crippen LogP contribution in [0.3, 0.4) is 0 Å². The van der Waals surface area contributed by atoms with Crippen LogP contribution >= 0.6 is 0 Å². The number of benzene rings is 1. The lowest BCUT2D eigenvalue weighted by molar-refractivity contribution is 0.299. The highest BCUT2D eigenvalue weighted by atomic mass is 19.2. The van der Waals surface area contributed by atoms with E-state index in [1.807, 2.05) is 0 Å². The van der Waals surface area contributed by atoms with Gasteiger partial charge in [-0.3, -0.25) is 0 Å². The first-order valence-electron chi connectivity index (χ1n) is 3.79. The van der Waals surface area contributed by atoms with Crippen molar-refractivity contribution in [3.63, 3.8) is 0 Å². The topological polar surface area (TPSA) is 9.23 Å². The van der Waals surface area contributed by atoms with E-state index >= 15 is 0 Å². The van der Waals surface area contributed by atoms with Crippen molar-refractivity contribution in [2.45, 2.75) is 18.9 Å². The summed E-state index contributed by atoms with van der Waals surface area (Å²) in [5.41, 5.74) is 0. The summed E-state index contributed by atoms with van der Waals surface area (Å²) in [6.45, 7) is 0. The van der Waals surface area contributed by atoms with Crippen molar-refractivity contribution in [2.75, 3.05) is 0 Å². The minimum Gasteiger partial charge on any atom is -0.490 e. The Kier molecular flexibility index (Phi) is 1.71. The fourth-order valence-electron chi connectivity index (χ4n) is 0.866. The van der Waals surface area contributed by atoms with E-state index in [0.717, 1.165) is 18.9 Å². The molecule has 1 nitrogen and oxygen atoms in total. The summed E-state index contributed by atoms with van der Waals surface area (Å²) in [5, 5.41) is 0. The third-order valence-electron chi connectivity index (χ3n) is 1.64. The van der Waals surface area contributed by atoms with Gasteiger partial charge in [0.1, 0.15) is 5.75 Å². The summed E-state index contributed by atoms with van der Waals surface area (Å²) in [5.74, 6) is -1.58. The van der Waals surface area contributed by atoms with Gasteiger partial charge in [0.2, 0.25) is 0 Å². The average Bonchev–Trinajstić information content (AvgIpc) is 2.81. The second-order valence-electron chi connectivity index (χ2n) is 2.80. The van der Waals surface area contributed by atoms with Crippen LogP contribution in [-0.4, -0.2) is 6.10 Å². The van der Waals surface area contributed by atoms with Crippen molar-refractivity contribution < 1.29 is 13.5 Å². The fraction of sp³-hybridized carbons (Fsp3) is 0.333. The Bertz CT molecular complexity index is 295. The van der Waals surface area contributed by atoms with Crippen molar-refractivity contribution in [3.05, 3.63) is 29.8 Å². The van der Waals surface area contributed by atoms with E-state index in [1.165, 1.54) is 6.07 Å². The number of hydrogen-bond acceptors (Lipinski definition) is 1. The third kappa shape index (κ3) is 1.55. The zero-order chi connectivity index (χ0) is 8.55. The molecule has 63 valence electrons. The van der Waals surface area contributed by atoms with Gasteiger partial charge in [-0.15, -0.1) is 0 Å². The molecule has 2 rings (SSSR count). The molecule has 3 heteroatoms. The maximum atomic E-state index is 12.5. The van der Waals surface area contributed by atoms with Gasteiger partial charge in [0.25, 0.3) is 0 Å². The SMILES string of the molecule is Fc1[c]c(OC2CC2)ccc1F. The monoisotopic (exact) mass is 169 g/mol. The molecule has 0 heterocycles. The zero-order valence-electron chi connectivity index (χ0n) is 6.31. The van der Waals surface area contributed by atoms with Gasteiger partial charge in [-0.1, -0.05) is 0 Å². The van der Waals surface area contributed by atoms with Crippen molar-refractivity contribution >= 4 is 0 Å². The molecule has 12 heavy (non-hydrogen) atoms. The first kappa shape index (κ1) is 7.53. The van der Waals surface area contributed by atoms with Crippen LogP contribution in [0.1, 0.15) is 12.8 Å². The molecule has 0 bridgehead atoms. The summed E-state index contributed by atoms with van der Waals surface area (Å²) < 4.78 is 30.1. The van der Waals surface area contributed by atoms with E-state index in [4.69, 9.17) is 4.74 Å². The standard InChI is InChI=1S/C9H7F2O/c10-8-4-3-7(5-9(8)11)12-6-1-2-6/h3-4,6H,1-2H2. The van der Waals surface area contributed by atoms with Crippen LogP contribution in [0.2, 0.25) is 0 Å². The average molecular weight is 169 g/mol. The molecule has 1 saturated carbocycles. The molecule has 1 radical (unpaired) electrons. The second-order valence-corrected chi connectivity index (χ2v) is 2.80. The predicted octanol–water partition coefficient (Wildman–Crippen LogP) is 2.31. The molecule has 0 spiro atoms. The van der Waals surface area contributed by atoms with E-state index in [-0.39, 0.29) is 11.9 Å². The number of halogens is 2. The van der Waals surface area contributed by atoms with Gasteiger partial charge in [0.05, 0.1) is 12.2 Å². The zero-order valence-corrected chi connectivity index (χ0v) is 6.31. The Morgan fingerprint density at radius 3 is 2.67 bits per heavy atom. The van der Waals surface area contributed by atoms with Crippen LogP contribution in [0.4, 0.5) is 8.78 Å². The summed E-state index contributed by atoms with van der Waals surface area (Å²) in [4.78, 5) is 0. The first-order valence-corrected chi connectivity index (χ1v) is 3.79. The molecule has 0 saturated heterocycles. The van der Waals surface area contributed by atoms with Crippen LogP contribution in [0.5, 0.6) is 5.75 Å². The Hall–Kier alpha value is -1.12. The molecule has 0 aliphatic heterocycles. The molecule has 1 aromatic carbocycles. The van der Waals surface area contributed by atoms with E-state index < -0.39 is 11.6 Å². The van der Waals surface area contributed by atoms with Crippen LogP contribution in [0, 0.1) is 17.7 Å². The lowest BCUT2D eigenvalue weighted by Gasteiger charge is -2.02. The van der Waals surface area contributed by atoms with Gasteiger partial charge in [0, 0.05) is 0 Å². The highest BCUT2D eigenvalue weighted by molar-refractivity contribution is 5.22. The molecule has 1 aliphatic rings. The van der Waals surface area contributed by atoms with Gasteiger partial charge >= 0.3 is 0 Å². The van der Waals surface area contributed by atoms with Gasteiger partial charge in [-0.2, -0.15) is 0 Å². The molecule has 1 aliphatic carbocycles. The van der Waals surface area contributed by atoms with E-state index in [2.05, 4.69) is 6.07 Å². The van der Waals surface area contributed by atoms with Gasteiger partial charge < -0.3 is 4.74 Å². The van der Waals surface area contributed by atoms with Gasteiger partial charge in [-0.25, -0.2) is 8.78 Å². The Balaban J connectivity index is 2.15. The lowest BCUT2D eigenvalue weighted by Crippen LogP contribution is -1.97. The van der Waals surface area contributed by atoms with Gasteiger partial charge in [0.15, 0.2) is 11.6 Å². The first-order chi connectivity index (χ1) is 5.75. The smallest absolute Gasteiger partial charge is 0.170 e. The fourth-order valence-corrected chi connectivity index (χ4v) is 0.866. The molecule has 0 atom stereocenters. The largest absolute Gasteiger partial charge is 0.490 e. The summed E-state index contributed by atoms with van der Waals surface area (Å²) >= 11 is 0. The highest BCUT2D eigenvalue weighted by Crippen LogP contribution is 2.26. The van der Waals surface area contributed by atoms with E-state index in [0.29, 0.717) is 0 Å².